The molecule has 0 aliphatic rings. The number of benzene rings is 3. The third-order valence-corrected chi connectivity index (χ3v) is 6.01. The van der Waals surface area contributed by atoms with Crippen molar-refractivity contribution in [2.45, 2.75) is 0 Å². The van der Waals surface area contributed by atoms with Crippen LogP contribution in [-0.2, 0) is 0 Å². The van der Waals surface area contributed by atoms with Gasteiger partial charge < -0.3 is 15.4 Å². The molecular formula is C26H21N3O3S2. The van der Waals surface area contributed by atoms with Crippen LogP contribution in [0.15, 0.2) is 90.3 Å². The van der Waals surface area contributed by atoms with Gasteiger partial charge in [-0.3, -0.25) is 14.9 Å². The van der Waals surface area contributed by atoms with Gasteiger partial charge >= 0.3 is 0 Å². The molecule has 0 spiro atoms. The fraction of sp³-hybridized carbons (Fsp3) is 0.0385. The quantitative estimate of drug-likeness (QED) is 0.300. The van der Waals surface area contributed by atoms with E-state index in [-0.39, 0.29) is 16.9 Å². The first-order valence-electron chi connectivity index (χ1n) is 10.3. The molecule has 1 heterocycles. The van der Waals surface area contributed by atoms with Gasteiger partial charge in [-0.25, -0.2) is 0 Å². The van der Waals surface area contributed by atoms with Gasteiger partial charge in [0.25, 0.3) is 11.8 Å². The Morgan fingerprint density at radius 2 is 1.56 bits per heavy atom. The predicted octanol–water partition coefficient (Wildman–Crippen LogP) is 5.80. The highest BCUT2D eigenvalue weighted by Gasteiger charge is 2.13. The fourth-order valence-electron chi connectivity index (χ4n) is 3.25. The average Bonchev–Trinajstić information content (AvgIpc) is 3.41. The third-order valence-electron chi connectivity index (χ3n) is 4.93. The van der Waals surface area contributed by atoms with Gasteiger partial charge in [-0.15, -0.1) is 11.3 Å². The molecule has 0 radical (unpaired) electrons. The van der Waals surface area contributed by atoms with Crippen molar-refractivity contribution < 1.29 is 14.3 Å². The molecule has 3 aromatic carbocycles. The van der Waals surface area contributed by atoms with E-state index in [1.165, 1.54) is 18.4 Å². The van der Waals surface area contributed by atoms with Crippen LogP contribution in [0.5, 0.6) is 5.75 Å². The molecule has 0 unspecified atom stereocenters. The van der Waals surface area contributed by atoms with E-state index in [0.717, 1.165) is 11.1 Å². The molecule has 8 heteroatoms. The summed E-state index contributed by atoms with van der Waals surface area (Å²) in [6, 6.07) is 25.9. The lowest BCUT2D eigenvalue weighted by Gasteiger charge is -2.14. The van der Waals surface area contributed by atoms with E-state index in [4.69, 9.17) is 17.0 Å². The number of anilines is 2. The summed E-state index contributed by atoms with van der Waals surface area (Å²) in [4.78, 5) is 25.5. The van der Waals surface area contributed by atoms with Gasteiger partial charge in [-0.2, -0.15) is 0 Å². The number of methoxy groups -OCH3 is 1. The molecule has 0 aliphatic carbocycles. The summed E-state index contributed by atoms with van der Waals surface area (Å²) in [5.41, 5.74) is 3.73. The maximum absolute atomic E-state index is 12.6. The summed E-state index contributed by atoms with van der Waals surface area (Å²) in [6.45, 7) is 0. The average molecular weight is 488 g/mol. The summed E-state index contributed by atoms with van der Waals surface area (Å²) in [6.07, 6.45) is 0. The second kappa shape index (κ2) is 10.7. The Hall–Kier alpha value is -4.01. The highest BCUT2D eigenvalue weighted by molar-refractivity contribution is 7.80. The highest BCUT2D eigenvalue weighted by Crippen LogP contribution is 2.29. The van der Waals surface area contributed by atoms with Crippen molar-refractivity contribution in [3.8, 4) is 16.9 Å². The van der Waals surface area contributed by atoms with Gasteiger partial charge in [-0.1, -0.05) is 48.5 Å². The molecule has 34 heavy (non-hydrogen) atoms. The van der Waals surface area contributed by atoms with Crippen LogP contribution in [0, 0.1) is 0 Å². The monoisotopic (exact) mass is 487 g/mol. The largest absolute Gasteiger partial charge is 0.494 e. The van der Waals surface area contributed by atoms with E-state index in [0.29, 0.717) is 27.6 Å². The summed E-state index contributed by atoms with van der Waals surface area (Å²) >= 11 is 6.65. The first-order valence-corrected chi connectivity index (χ1v) is 11.6. The van der Waals surface area contributed by atoms with E-state index in [9.17, 15) is 9.59 Å². The first kappa shape index (κ1) is 23.2. The topological polar surface area (TPSA) is 79.5 Å². The Kier molecular flexibility index (Phi) is 7.31. The lowest BCUT2D eigenvalue weighted by atomic mass is 10.0. The van der Waals surface area contributed by atoms with Crippen LogP contribution in [0.4, 0.5) is 11.4 Å². The summed E-state index contributed by atoms with van der Waals surface area (Å²) in [5.74, 6) is -0.0699. The molecule has 0 fully saturated rings. The Morgan fingerprint density at radius 3 is 2.24 bits per heavy atom. The third kappa shape index (κ3) is 5.67. The SMILES string of the molecule is COc1cc(NC(=S)NC(=O)c2ccc(-c3ccccc3)cc2)ccc1NC(=O)c1cccs1. The first-order chi connectivity index (χ1) is 16.5. The zero-order valence-corrected chi connectivity index (χ0v) is 19.8. The summed E-state index contributed by atoms with van der Waals surface area (Å²) < 4.78 is 5.40. The molecule has 170 valence electrons. The number of carbonyl (C=O) groups is 2. The Morgan fingerprint density at radius 1 is 0.824 bits per heavy atom. The van der Waals surface area contributed by atoms with Crippen molar-refractivity contribution in [3.63, 3.8) is 0 Å². The minimum atomic E-state index is -0.316. The molecule has 4 rings (SSSR count). The predicted molar refractivity (Wildman–Crippen MR) is 141 cm³/mol. The van der Waals surface area contributed by atoms with Crippen molar-refractivity contribution >= 4 is 51.9 Å². The Balaban J connectivity index is 1.37. The molecular weight excluding hydrogens is 466 g/mol. The van der Waals surface area contributed by atoms with Crippen LogP contribution >= 0.6 is 23.6 Å². The number of amides is 2. The molecule has 3 N–H and O–H groups in total. The van der Waals surface area contributed by atoms with Crippen LogP contribution < -0.4 is 20.7 Å². The molecule has 0 saturated heterocycles. The minimum Gasteiger partial charge on any atom is -0.494 e. The number of rotatable bonds is 6. The number of ether oxygens (including phenoxy) is 1. The number of carbonyl (C=O) groups excluding carboxylic acids is 2. The normalized spacial score (nSPS) is 10.3. The van der Waals surface area contributed by atoms with Gasteiger partial charge in [0.15, 0.2) is 5.11 Å². The van der Waals surface area contributed by atoms with Gasteiger partial charge in [0.05, 0.1) is 17.7 Å². The molecule has 2 amide bonds. The van der Waals surface area contributed by atoms with Crippen molar-refractivity contribution in [2.24, 2.45) is 0 Å². The van der Waals surface area contributed by atoms with E-state index in [2.05, 4.69) is 16.0 Å². The molecule has 4 aromatic rings. The maximum atomic E-state index is 12.6. The minimum absolute atomic E-state index is 0.148. The molecule has 1 aromatic heterocycles. The fourth-order valence-corrected chi connectivity index (χ4v) is 4.08. The maximum Gasteiger partial charge on any atom is 0.265 e. The van der Waals surface area contributed by atoms with Gasteiger partial charge in [0, 0.05) is 17.3 Å². The number of thiophene rings is 1. The van der Waals surface area contributed by atoms with E-state index in [1.54, 1.807) is 36.4 Å². The highest BCUT2D eigenvalue weighted by atomic mass is 32.1. The number of nitrogens with one attached hydrogen (secondary N) is 3. The molecule has 0 atom stereocenters. The van der Waals surface area contributed by atoms with Crippen molar-refractivity contribution in [1.82, 2.24) is 5.32 Å². The molecule has 0 aliphatic heterocycles. The number of thiocarbonyl (C=S) groups is 1. The van der Waals surface area contributed by atoms with E-state index in [1.807, 2.05) is 53.9 Å². The van der Waals surface area contributed by atoms with Crippen molar-refractivity contribution in [1.29, 1.82) is 0 Å². The zero-order chi connectivity index (χ0) is 23.9. The lowest BCUT2D eigenvalue weighted by molar-refractivity contribution is 0.0976. The zero-order valence-electron chi connectivity index (χ0n) is 18.2. The van der Waals surface area contributed by atoms with Crippen LogP contribution in [0.3, 0.4) is 0 Å². The molecule has 0 saturated carbocycles. The number of hydrogen-bond donors (Lipinski definition) is 3. The second-order valence-corrected chi connectivity index (χ2v) is 8.55. The summed E-state index contributed by atoms with van der Waals surface area (Å²) in [7, 11) is 1.51. The Labute approximate surface area is 206 Å². The van der Waals surface area contributed by atoms with Crippen molar-refractivity contribution in [2.75, 3.05) is 17.7 Å². The summed E-state index contributed by atoms with van der Waals surface area (Å²) in [5, 5.41) is 10.5. The van der Waals surface area contributed by atoms with Gasteiger partial charge in [0.2, 0.25) is 0 Å². The van der Waals surface area contributed by atoms with E-state index < -0.39 is 0 Å². The molecule has 0 bridgehead atoms. The van der Waals surface area contributed by atoms with Gasteiger partial charge in [0.1, 0.15) is 5.75 Å². The lowest BCUT2D eigenvalue weighted by Crippen LogP contribution is -2.34. The van der Waals surface area contributed by atoms with Crippen LogP contribution in [0.25, 0.3) is 11.1 Å². The smallest absolute Gasteiger partial charge is 0.265 e. The van der Waals surface area contributed by atoms with Gasteiger partial charge in [-0.05, 0) is 59.1 Å². The Bertz CT molecular complexity index is 1310. The molecule has 6 nitrogen and oxygen atoms in total. The van der Waals surface area contributed by atoms with Crippen LogP contribution in [-0.4, -0.2) is 24.0 Å². The van der Waals surface area contributed by atoms with Crippen LogP contribution in [0.2, 0.25) is 0 Å². The number of hydrogen-bond acceptors (Lipinski definition) is 5. The van der Waals surface area contributed by atoms with E-state index >= 15 is 0 Å². The second-order valence-electron chi connectivity index (χ2n) is 7.20. The standard InChI is InChI=1S/C26H21N3O3S2/c1-32-22-16-20(13-14-21(22)28-25(31)23-8-5-15-34-23)27-26(33)29-24(30)19-11-9-18(10-12-19)17-6-3-2-4-7-17/h2-16H,1H3,(H,28,31)(H2,27,29,30,33). The van der Waals surface area contributed by atoms with Crippen molar-refractivity contribution in [3.05, 3.63) is 101 Å². The van der Waals surface area contributed by atoms with Crippen LogP contribution in [0.1, 0.15) is 20.0 Å².